The summed E-state index contributed by atoms with van der Waals surface area (Å²) in [6, 6.07) is 9.95. The first kappa shape index (κ1) is 17.0. The number of amides is 1. The van der Waals surface area contributed by atoms with Crippen LogP contribution in [-0.2, 0) is 25.6 Å². The van der Waals surface area contributed by atoms with Gasteiger partial charge in [0, 0.05) is 19.7 Å². The van der Waals surface area contributed by atoms with Gasteiger partial charge in [0.05, 0.1) is 12.5 Å². The van der Waals surface area contributed by atoms with Crippen LogP contribution in [-0.4, -0.2) is 42.6 Å². The number of carbonyl (C=O) groups is 2. The number of ether oxygens (including phenoxy) is 2. The molecule has 3 atom stereocenters. The van der Waals surface area contributed by atoms with Crippen molar-refractivity contribution < 1.29 is 19.1 Å². The zero-order chi connectivity index (χ0) is 16.9. The maximum absolute atomic E-state index is 12.8. The molecule has 0 bridgehead atoms. The van der Waals surface area contributed by atoms with Crippen LogP contribution in [0.25, 0.3) is 0 Å². The minimum absolute atomic E-state index is 0.0471. The van der Waals surface area contributed by atoms with Crippen molar-refractivity contribution in [2.75, 3.05) is 19.8 Å². The van der Waals surface area contributed by atoms with Crippen LogP contribution in [0.4, 0.5) is 0 Å². The SMILES string of the molecule is CCOC(=O)[C@H]1C[C@H]1CN(Cc1ccccc1)C(=O)[C@@H]1CCCO1. The van der Waals surface area contributed by atoms with E-state index in [2.05, 4.69) is 0 Å². The summed E-state index contributed by atoms with van der Waals surface area (Å²) in [6.07, 6.45) is 2.21. The standard InChI is InChI=1S/C19H25NO4/c1-2-23-19(22)16-11-15(16)13-20(12-14-7-4-3-5-8-14)18(21)17-9-6-10-24-17/h3-5,7-8,15-17H,2,6,9-13H2,1H3/t15-,16-,17-/m0/s1. The van der Waals surface area contributed by atoms with E-state index in [4.69, 9.17) is 9.47 Å². The van der Waals surface area contributed by atoms with Gasteiger partial charge in [0.2, 0.25) is 0 Å². The van der Waals surface area contributed by atoms with E-state index in [9.17, 15) is 9.59 Å². The third kappa shape index (κ3) is 4.15. The van der Waals surface area contributed by atoms with Crippen molar-refractivity contribution in [2.24, 2.45) is 11.8 Å². The molecular formula is C19H25NO4. The fourth-order valence-corrected chi connectivity index (χ4v) is 3.28. The molecule has 0 N–H and O–H groups in total. The summed E-state index contributed by atoms with van der Waals surface area (Å²) in [4.78, 5) is 26.5. The highest BCUT2D eigenvalue weighted by Gasteiger charge is 2.46. The summed E-state index contributed by atoms with van der Waals surface area (Å²) in [6.45, 7) is 4.04. The Morgan fingerprint density at radius 2 is 2.08 bits per heavy atom. The Kier molecular flexibility index (Phi) is 5.51. The third-order valence-electron chi connectivity index (χ3n) is 4.70. The van der Waals surface area contributed by atoms with Crippen molar-refractivity contribution in [2.45, 2.75) is 38.8 Å². The second kappa shape index (κ2) is 7.79. The van der Waals surface area contributed by atoms with Gasteiger partial charge in [0.15, 0.2) is 0 Å². The molecule has 1 aliphatic carbocycles. The van der Waals surface area contributed by atoms with Gasteiger partial charge in [0.1, 0.15) is 6.10 Å². The van der Waals surface area contributed by atoms with Gasteiger partial charge in [0.25, 0.3) is 5.91 Å². The second-order valence-corrected chi connectivity index (χ2v) is 6.56. The van der Waals surface area contributed by atoms with Gasteiger partial charge >= 0.3 is 5.97 Å². The van der Waals surface area contributed by atoms with Gasteiger partial charge in [-0.15, -0.1) is 0 Å². The van der Waals surface area contributed by atoms with E-state index in [1.54, 1.807) is 0 Å². The van der Waals surface area contributed by atoms with Gasteiger partial charge < -0.3 is 14.4 Å². The van der Waals surface area contributed by atoms with Crippen LogP contribution in [0.1, 0.15) is 31.7 Å². The van der Waals surface area contributed by atoms with Crippen LogP contribution in [0, 0.1) is 11.8 Å². The molecule has 0 aromatic heterocycles. The summed E-state index contributed by atoms with van der Waals surface area (Å²) < 4.78 is 10.7. The maximum atomic E-state index is 12.8. The van der Waals surface area contributed by atoms with E-state index in [1.807, 2.05) is 42.2 Å². The average molecular weight is 331 g/mol. The first-order valence-electron chi connectivity index (χ1n) is 8.80. The van der Waals surface area contributed by atoms with Gasteiger partial charge in [-0.2, -0.15) is 0 Å². The summed E-state index contributed by atoms with van der Waals surface area (Å²) in [5, 5.41) is 0. The molecular weight excluding hydrogens is 306 g/mol. The molecule has 3 rings (SSSR count). The van der Waals surface area contributed by atoms with Crippen LogP contribution in [0.2, 0.25) is 0 Å². The number of rotatable bonds is 7. The maximum Gasteiger partial charge on any atom is 0.309 e. The predicted molar refractivity (Wildman–Crippen MR) is 89.1 cm³/mol. The third-order valence-corrected chi connectivity index (χ3v) is 4.70. The van der Waals surface area contributed by atoms with Crippen LogP contribution >= 0.6 is 0 Å². The van der Waals surface area contributed by atoms with Crippen molar-refractivity contribution in [1.82, 2.24) is 4.90 Å². The van der Waals surface area contributed by atoms with E-state index in [-0.39, 0.29) is 29.8 Å². The van der Waals surface area contributed by atoms with Crippen LogP contribution < -0.4 is 0 Å². The van der Waals surface area contributed by atoms with Gasteiger partial charge in [-0.05, 0) is 37.7 Å². The lowest BCUT2D eigenvalue weighted by Gasteiger charge is -2.25. The van der Waals surface area contributed by atoms with Gasteiger partial charge in [-0.1, -0.05) is 30.3 Å². The zero-order valence-corrected chi connectivity index (χ0v) is 14.1. The Morgan fingerprint density at radius 1 is 1.29 bits per heavy atom. The van der Waals surface area contributed by atoms with E-state index in [1.165, 1.54) is 0 Å². The molecule has 2 fully saturated rings. The lowest BCUT2D eigenvalue weighted by molar-refractivity contribution is -0.146. The molecule has 1 amide bonds. The van der Waals surface area contributed by atoms with Crippen LogP contribution in [0.5, 0.6) is 0 Å². The van der Waals surface area contributed by atoms with Crippen molar-refractivity contribution in [1.29, 1.82) is 0 Å². The molecule has 5 heteroatoms. The molecule has 5 nitrogen and oxygen atoms in total. The van der Waals surface area contributed by atoms with Crippen LogP contribution in [0.3, 0.4) is 0 Å². The van der Waals surface area contributed by atoms with Crippen molar-refractivity contribution >= 4 is 11.9 Å². The number of nitrogens with zero attached hydrogens (tertiary/aromatic N) is 1. The molecule has 24 heavy (non-hydrogen) atoms. The number of esters is 1. The lowest BCUT2D eigenvalue weighted by atomic mass is 10.1. The second-order valence-electron chi connectivity index (χ2n) is 6.56. The summed E-state index contributed by atoms with van der Waals surface area (Å²) in [5.41, 5.74) is 1.09. The monoisotopic (exact) mass is 331 g/mol. The Bertz CT molecular complexity index is 568. The van der Waals surface area contributed by atoms with E-state index >= 15 is 0 Å². The van der Waals surface area contributed by atoms with Crippen molar-refractivity contribution in [3.05, 3.63) is 35.9 Å². The highest BCUT2D eigenvalue weighted by atomic mass is 16.5. The molecule has 1 aromatic rings. The molecule has 0 radical (unpaired) electrons. The first-order valence-corrected chi connectivity index (χ1v) is 8.80. The Balaban J connectivity index is 1.64. The number of hydrogen-bond donors (Lipinski definition) is 0. The fraction of sp³-hybridized carbons (Fsp3) is 0.579. The van der Waals surface area contributed by atoms with E-state index < -0.39 is 0 Å². The number of hydrogen-bond acceptors (Lipinski definition) is 4. The first-order chi connectivity index (χ1) is 11.7. The molecule has 130 valence electrons. The summed E-state index contributed by atoms with van der Waals surface area (Å²) in [7, 11) is 0. The molecule has 2 aliphatic rings. The van der Waals surface area contributed by atoms with Gasteiger partial charge in [-0.3, -0.25) is 9.59 Å². The molecule has 1 saturated heterocycles. The highest BCUT2D eigenvalue weighted by molar-refractivity contribution is 5.81. The Labute approximate surface area is 142 Å². The molecule has 0 unspecified atom stereocenters. The van der Waals surface area contributed by atoms with Crippen LogP contribution in [0.15, 0.2) is 30.3 Å². The largest absolute Gasteiger partial charge is 0.466 e. The smallest absolute Gasteiger partial charge is 0.309 e. The topological polar surface area (TPSA) is 55.8 Å². The minimum Gasteiger partial charge on any atom is -0.466 e. The minimum atomic E-state index is -0.325. The van der Waals surface area contributed by atoms with Gasteiger partial charge in [-0.25, -0.2) is 0 Å². The average Bonchev–Trinajstić information content (AvgIpc) is 3.15. The molecule has 0 spiro atoms. The normalized spacial score (nSPS) is 25.3. The van der Waals surface area contributed by atoms with E-state index in [0.717, 1.165) is 24.8 Å². The quantitative estimate of drug-likeness (QED) is 0.720. The molecule has 1 aliphatic heterocycles. The Morgan fingerprint density at radius 3 is 2.75 bits per heavy atom. The highest BCUT2D eigenvalue weighted by Crippen LogP contribution is 2.40. The zero-order valence-electron chi connectivity index (χ0n) is 14.1. The van der Waals surface area contributed by atoms with E-state index in [0.29, 0.717) is 26.3 Å². The molecule has 1 saturated carbocycles. The van der Waals surface area contributed by atoms with Crippen molar-refractivity contribution in [3.8, 4) is 0 Å². The molecule has 1 heterocycles. The summed E-state index contributed by atoms with van der Waals surface area (Å²) in [5.74, 6) is 0.0659. The predicted octanol–water partition coefficient (Wildman–Crippen LogP) is 2.39. The lowest BCUT2D eigenvalue weighted by Crippen LogP contribution is -2.40. The fourth-order valence-electron chi connectivity index (χ4n) is 3.28. The van der Waals surface area contributed by atoms with Crippen molar-refractivity contribution in [3.63, 3.8) is 0 Å². The summed E-state index contributed by atoms with van der Waals surface area (Å²) >= 11 is 0. The Hall–Kier alpha value is -1.88. The number of benzene rings is 1. The number of carbonyl (C=O) groups excluding carboxylic acids is 2. The molecule has 1 aromatic carbocycles.